The van der Waals surface area contributed by atoms with Crippen LogP contribution in [-0.4, -0.2) is 79.1 Å². The molecule has 42 heavy (non-hydrogen) atoms. The number of rotatable bonds is 10. The summed E-state index contributed by atoms with van der Waals surface area (Å²) in [5.74, 6) is -4.33. The average Bonchev–Trinajstić information content (AvgIpc) is 3.37. The smallest absolute Gasteiger partial charge is 0.352 e. The Hall–Kier alpha value is -4.00. The first-order chi connectivity index (χ1) is 20.0. The molecule has 0 radical (unpaired) electrons. The van der Waals surface area contributed by atoms with Gasteiger partial charge in [0.05, 0.1) is 4.21 Å². The number of halogens is 1. The van der Waals surface area contributed by atoms with Crippen molar-refractivity contribution < 1.29 is 38.6 Å². The molecule has 3 aromatic rings. The third-order valence-electron chi connectivity index (χ3n) is 5.92. The van der Waals surface area contributed by atoms with Gasteiger partial charge >= 0.3 is 11.9 Å². The van der Waals surface area contributed by atoms with Crippen LogP contribution >= 0.6 is 46.2 Å². The molecule has 2 atom stereocenters. The van der Waals surface area contributed by atoms with E-state index in [0.29, 0.717) is 19.9 Å². The molecule has 1 aromatic carbocycles. The van der Waals surface area contributed by atoms with E-state index in [2.05, 4.69) is 15.5 Å². The number of benzene rings is 1. The zero-order valence-electron chi connectivity index (χ0n) is 20.9. The zero-order valence-corrected chi connectivity index (χ0v) is 24.2. The van der Waals surface area contributed by atoms with Gasteiger partial charge in [0, 0.05) is 33.0 Å². The number of nitrogens with one attached hydrogen (secondary N) is 1. The summed E-state index contributed by atoms with van der Waals surface area (Å²) in [5, 5.41) is 26.0. The van der Waals surface area contributed by atoms with E-state index in [9.17, 15) is 33.5 Å². The highest BCUT2D eigenvalue weighted by Gasteiger charge is 2.54. The number of aromatic nitrogens is 1. The van der Waals surface area contributed by atoms with E-state index >= 15 is 0 Å². The molecule has 4 heterocycles. The molecule has 5 N–H and O–H groups in total. The molecule has 0 unspecified atom stereocenters. The van der Waals surface area contributed by atoms with Crippen LogP contribution in [0.3, 0.4) is 0 Å². The highest BCUT2D eigenvalue weighted by molar-refractivity contribution is 8.02. The highest BCUT2D eigenvalue weighted by atomic mass is 32.2. The molecule has 2 aliphatic rings. The van der Waals surface area contributed by atoms with Gasteiger partial charge in [-0.05, 0) is 23.8 Å². The van der Waals surface area contributed by atoms with Crippen molar-refractivity contribution in [2.45, 2.75) is 15.6 Å². The van der Waals surface area contributed by atoms with E-state index in [1.165, 1.54) is 64.5 Å². The third kappa shape index (κ3) is 5.96. The first-order valence-corrected chi connectivity index (χ1v) is 15.5. The lowest BCUT2D eigenvalue weighted by molar-refractivity contribution is -0.150. The van der Waals surface area contributed by atoms with Crippen LogP contribution in [-0.2, 0) is 24.0 Å². The number of anilines is 1. The van der Waals surface area contributed by atoms with Crippen molar-refractivity contribution >= 4 is 90.9 Å². The van der Waals surface area contributed by atoms with Gasteiger partial charge in [0.25, 0.3) is 11.8 Å². The summed E-state index contributed by atoms with van der Waals surface area (Å²) in [6, 6.07) is 4.19. The van der Waals surface area contributed by atoms with Crippen LogP contribution in [0.2, 0.25) is 0 Å². The number of nitrogen functional groups attached to an aromatic ring is 1. The second-order valence-electron chi connectivity index (χ2n) is 8.66. The minimum atomic E-state index is -1.33. The lowest BCUT2D eigenvalue weighted by Crippen LogP contribution is -2.71. The number of amides is 2. The predicted molar refractivity (Wildman–Crippen MR) is 155 cm³/mol. The van der Waals surface area contributed by atoms with Crippen LogP contribution < -0.4 is 16.5 Å². The van der Waals surface area contributed by atoms with Crippen LogP contribution in [0, 0.1) is 5.82 Å². The molecule has 2 aromatic heterocycles. The van der Waals surface area contributed by atoms with E-state index in [-0.39, 0.29) is 33.5 Å². The Balaban J connectivity index is 1.32. The number of carboxylic acids is 2. The number of nitrogens with zero attached hydrogens (tertiary/aromatic N) is 3. The molecule has 0 bridgehead atoms. The van der Waals surface area contributed by atoms with Crippen molar-refractivity contribution in [3.8, 4) is 0 Å². The fourth-order valence-corrected chi connectivity index (χ4v) is 8.38. The van der Waals surface area contributed by atoms with Gasteiger partial charge < -0.3 is 26.1 Å². The number of oxime groups is 1. The maximum absolute atomic E-state index is 13.7. The molecular weight excluding hydrogens is 634 g/mol. The largest absolute Gasteiger partial charge is 0.479 e. The number of carbonyl (C=O) groups excluding carboxylic acids is 2. The standard InChI is InChI=1S/C24H18FN5O8S4/c25-10-1-2-11-13(31)4-16(42-14(11)3-10)39-6-9-7-40-22-18(21(35)30(22)19(9)23(36)37)28-20(34)17(29-38-5-15(32)33)12-8-41-24(26)27-12/h1-4,8,18,22H,5-7H2,(H2,26,27)(H,28,34)(H,32,33)(H,36,37)/b29-17-/t18-,22+/m1/s1. The van der Waals surface area contributed by atoms with Crippen LogP contribution in [0.4, 0.5) is 9.52 Å². The van der Waals surface area contributed by atoms with Gasteiger partial charge in [-0.3, -0.25) is 19.3 Å². The van der Waals surface area contributed by atoms with Crippen molar-refractivity contribution in [3.05, 3.63) is 62.7 Å². The maximum Gasteiger partial charge on any atom is 0.352 e. The van der Waals surface area contributed by atoms with E-state index in [1.807, 2.05) is 0 Å². The Bertz CT molecular complexity index is 1760. The number of thioether (sulfide) groups is 2. The van der Waals surface area contributed by atoms with Gasteiger partial charge in [0.1, 0.15) is 28.6 Å². The fraction of sp³-hybridized carbons (Fsp3) is 0.208. The van der Waals surface area contributed by atoms with E-state index in [0.717, 1.165) is 16.2 Å². The Labute approximate surface area is 251 Å². The van der Waals surface area contributed by atoms with Gasteiger partial charge in [-0.1, -0.05) is 5.16 Å². The third-order valence-corrected chi connectivity index (χ3v) is 10.3. The Kier molecular flexibility index (Phi) is 8.48. The van der Waals surface area contributed by atoms with E-state index in [4.69, 9.17) is 15.7 Å². The van der Waals surface area contributed by atoms with Gasteiger partial charge in [-0.25, -0.2) is 19.0 Å². The van der Waals surface area contributed by atoms with E-state index < -0.39 is 53.3 Å². The summed E-state index contributed by atoms with van der Waals surface area (Å²) in [6.07, 6.45) is 0. The number of hydrogen-bond donors (Lipinski definition) is 4. The number of fused-ring (bicyclic) bond motifs is 2. The topological polar surface area (TPSA) is 202 Å². The van der Waals surface area contributed by atoms with Gasteiger partial charge in [0.2, 0.25) is 6.61 Å². The quantitative estimate of drug-likeness (QED) is 0.107. The molecule has 18 heteroatoms. The first kappa shape index (κ1) is 29.5. The minimum absolute atomic E-state index is 0.00415. The van der Waals surface area contributed by atoms with Crippen molar-refractivity contribution in [1.29, 1.82) is 0 Å². The lowest BCUT2D eigenvalue weighted by atomic mass is 10.0. The summed E-state index contributed by atoms with van der Waals surface area (Å²) >= 11 is 4.64. The second-order valence-corrected chi connectivity index (χ2v) is 13.0. The van der Waals surface area contributed by atoms with Crippen LogP contribution in [0.1, 0.15) is 5.69 Å². The van der Waals surface area contributed by atoms with Crippen LogP contribution in [0.5, 0.6) is 0 Å². The molecule has 218 valence electrons. The maximum atomic E-state index is 13.7. The molecular formula is C24H18FN5O8S4. The van der Waals surface area contributed by atoms with Crippen LogP contribution in [0.25, 0.3) is 10.1 Å². The molecule has 0 aliphatic carbocycles. The Morgan fingerprint density at radius 2 is 2.05 bits per heavy atom. The van der Waals surface area contributed by atoms with E-state index in [1.54, 1.807) is 0 Å². The SMILES string of the molecule is Nc1nc(/C(=N/OCC(=O)O)C(=O)N[C@@H]2C(=O)N3C(C(=O)O)=C(CSc4cc(=O)c5ccc(F)cc5s4)CS[C@@H]23)cs1. The van der Waals surface area contributed by atoms with Crippen molar-refractivity contribution in [1.82, 2.24) is 15.2 Å². The number of β-lactam (4-membered cyclic amide) rings is 1. The predicted octanol–water partition coefficient (Wildman–Crippen LogP) is 1.78. The summed E-state index contributed by atoms with van der Waals surface area (Å²) in [7, 11) is 0. The number of carboxylic acid groups (broad SMARTS) is 2. The van der Waals surface area contributed by atoms with Gasteiger partial charge in [0.15, 0.2) is 16.3 Å². The highest BCUT2D eigenvalue weighted by Crippen LogP contribution is 2.42. The molecule has 1 saturated heterocycles. The average molecular weight is 652 g/mol. The minimum Gasteiger partial charge on any atom is -0.479 e. The molecule has 5 rings (SSSR count). The Morgan fingerprint density at radius 3 is 2.74 bits per heavy atom. The summed E-state index contributed by atoms with van der Waals surface area (Å²) in [6.45, 7) is -0.828. The first-order valence-electron chi connectivity index (χ1n) is 11.7. The number of nitrogens with two attached hydrogens (primary N) is 1. The number of carbonyl (C=O) groups is 4. The fourth-order valence-electron chi connectivity index (χ4n) is 4.09. The number of hydrogen-bond acceptors (Lipinski definition) is 13. The van der Waals surface area contributed by atoms with Gasteiger partial charge in [-0.2, -0.15) is 0 Å². The van der Waals surface area contributed by atoms with Gasteiger partial charge in [-0.15, -0.1) is 46.2 Å². The summed E-state index contributed by atoms with van der Waals surface area (Å²) in [5.41, 5.74) is 5.16. The summed E-state index contributed by atoms with van der Waals surface area (Å²) in [4.78, 5) is 71.3. The van der Waals surface area contributed by atoms with Crippen molar-refractivity contribution in [2.24, 2.45) is 5.16 Å². The van der Waals surface area contributed by atoms with Crippen LogP contribution in [0.15, 0.2) is 55.1 Å². The molecule has 2 aliphatic heterocycles. The summed E-state index contributed by atoms with van der Waals surface area (Å²) < 4.78 is 14.7. The number of thiazole rings is 1. The zero-order chi connectivity index (χ0) is 30.1. The monoisotopic (exact) mass is 651 g/mol. The van der Waals surface area contributed by atoms with Crippen molar-refractivity contribution in [3.63, 3.8) is 0 Å². The van der Waals surface area contributed by atoms with Crippen molar-refractivity contribution in [2.75, 3.05) is 23.8 Å². The Morgan fingerprint density at radius 1 is 1.26 bits per heavy atom. The molecule has 13 nitrogen and oxygen atoms in total. The molecule has 0 spiro atoms. The molecule has 2 amide bonds. The molecule has 0 saturated carbocycles. The normalized spacial score (nSPS) is 18.5. The molecule has 1 fully saturated rings. The number of aliphatic carboxylic acids is 2. The second kappa shape index (κ2) is 12.1. The lowest BCUT2D eigenvalue weighted by Gasteiger charge is -2.49.